The molecule has 120 valence electrons. The number of fused-ring (bicyclic) bond motifs is 1. The van der Waals surface area contributed by atoms with E-state index in [1.807, 2.05) is 37.3 Å². The maximum Gasteiger partial charge on any atom is 0.251 e. The van der Waals surface area contributed by atoms with Gasteiger partial charge in [0.25, 0.3) is 5.91 Å². The topological polar surface area (TPSA) is 38.3 Å². The van der Waals surface area contributed by atoms with E-state index in [2.05, 4.69) is 17.4 Å². The molecule has 23 heavy (non-hydrogen) atoms. The van der Waals surface area contributed by atoms with E-state index in [4.69, 9.17) is 4.74 Å². The summed E-state index contributed by atoms with van der Waals surface area (Å²) >= 11 is 0. The molecule has 0 heterocycles. The molecule has 1 aliphatic carbocycles. The van der Waals surface area contributed by atoms with Gasteiger partial charge < -0.3 is 10.1 Å². The second-order valence-corrected chi connectivity index (χ2v) is 6.16. The molecule has 0 bridgehead atoms. The van der Waals surface area contributed by atoms with Gasteiger partial charge in [-0.2, -0.15) is 0 Å². The normalized spacial score (nSPS) is 14.7. The van der Waals surface area contributed by atoms with Crippen LogP contribution in [0.2, 0.25) is 0 Å². The number of hydrogen-bond donors (Lipinski definition) is 1. The second-order valence-electron chi connectivity index (χ2n) is 6.16. The van der Waals surface area contributed by atoms with Gasteiger partial charge in [-0.05, 0) is 73.6 Å². The van der Waals surface area contributed by atoms with Gasteiger partial charge in [0.15, 0.2) is 0 Å². The van der Waals surface area contributed by atoms with Crippen LogP contribution in [0.15, 0.2) is 42.5 Å². The minimum atomic E-state index is -0.0376. The van der Waals surface area contributed by atoms with Crippen LogP contribution in [0.25, 0.3) is 0 Å². The van der Waals surface area contributed by atoms with Gasteiger partial charge >= 0.3 is 0 Å². The minimum Gasteiger partial charge on any atom is -0.497 e. The van der Waals surface area contributed by atoms with Crippen molar-refractivity contribution < 1.29 is 9.53 Å². The van der Waals surface area contributed by atoms with Gasteiger partial charge in [-0.3, -0.25) is 4.79 Å². The summed E-state index contributed by atoms with van der Waals surface area (Å²) in [6.07, 6.45) is 4.71. The number of nitrogens with one attached hydrogen (secondary N) is 1. The molecule has 0 aromatic heterocycles. The predicted molar refractivity (Wildman–Crippen MR) is 92.0 cm³/mol. The lowest BCUT2D eigenvalue weighted by atomic mass is 9.90. The number of ether oxygens (including phenoxy) is 1. The zero-order chi connectivity index (χ0) is 16.2. The fourth-order valence-electron chi connectivity index (χ4n) is 3.13. The Hall–Kier alpha value is -2.29. The molecule has 1 atom stereocenters. The Bertz CT molecular complexity index is 691. The summed E-state index contributed by atoms with van der Waals surface area (Å²) in [5.74, 6) is 0.809. The van der Waals surface area contributed by atoms with Crippen LogP contribution < -0.4 is 10.1 Å². The number of methoxy groups -OCH3 is 1. The maximum atomic E-state index is 12.5. The molecule has 1 N–H and O–H groups in total. The van der Waals surface area contributed by atoms with Crippen molar-refractivity contribution in [2.75, 3.05) is 7.11 Å². The first-order chi connectivity index (χ1) is 11.2. The summed E-state index contributed by atoms with van der Waals surface area (Å²) in [7, 11) is 1.65. The minimum absolute atomic E-state index is 0.0123. The zero-order valence-electron chi connectivity index (χ0n) is 13.8. The zero-order valence-corrected chi connectivity index (χ0v) is 13.8. The lowest BCUT2D eigenvalue weighted by Gasteiger charge is -2.18. The van der Waals surface area contributed by atoms with Gasteiger partial charge in [-0.25, -0.2) is 0 Å². The third-order valence-electron chi connectivity index (χ3n) is 4.57. The van der Waals surface area contributed by atoms with Crippen molar-refractivity contribution in [3.63, 3.8) is 0 Å². The fourth-order valence-corrected chi connectivity index (χ4v) is 3.13. The monoisotopic (exact) mass is 309 g/mol. The van der Waals surface area contributed by atoms with Crippen LogP contribution in [0.4, 0.5) is 0 Å². The van der Waals surface area contributed by atoms with Gasteiger partial charge in [0.1, 0.15) is 5.75 Å². The lowest BCUT2D eigenvalue weighted by Crippen LogP contribution is -2.26. The SMILES string of the molecule is COc1ccc([C@H](C)NC(=O)c2ccc3c(c2)CCCC3)cc1. The number of carbonyl (C=O) groups is 1. The first-order valence-electron chi connectivity index (χ1n) is 8.24. The molecule has 0 aliphatic heterocycles. The highest BCUT2D eigenvalue weighted by molar-refractivity contribution is 5.94. The predicted octanol–water partition coefficient (Wildman–Crippen LogP) is 4.07. The van der Waals surface area contributed by atoms with E-state index in [1.54, 1.807) is 7.11 Å². The molecule has 0 unspecified atom stereocenters. The largest absolute Gasteiger partial charge is 0.497 e. The number of aryl methyl sites for hydroxylation is 2. The molecule has 0 spiro atoms. The van der Waals surface area contributed by atoms with Crippen LogP contribution in [0.3, 0.4) is 0 Å². The van der Waals surface area contributed by atoms with E-state index in [0.29, 0.717) is 0 Å². The summed E-state index contributed by atoms with van der Waals surface area (Å²) in [6, 6.07) is 13.9. The van der Waals surface area contributed by atoms with Crippen molar-refractivity contribution in [1.82, 2.24) is 5.32 Å². The third kappa shape index (κ3) is 3.55. The molecular formula is C20H23NO2. The average Bonchev–Trinajstić information content (AvgIpc) is 2.61. The van der Waals surface area contributed by atoms with E-state index < -0.39 is 0 Å². The Morgan fingerprint density at radius 3 is 2.43 bits per heavy atom. The molecule has 0 saturated carbocycles. The van der Waals surface area contributed by atoms with Crippen LogP contribution in [-0.4, -0.2) is 13.0 Å². The Morgan fingerprint density at radius 1 is 1.04 bits per heavy atom. The van der Waals surface area contributed by atoms with Crippen LogP contribution in [0.5, 0.6) is 5.75 Å². The molecule has 3 nitrogen and oxygen atoms in total. The van der Waals surface area contributed by atoms with Crippen molar-refractivity contribution in [3.05, 3.63) is 64.7 Å². The number of rotatable bonds is 4. The Kier molecular flexibility index (Phi) is 4.65. The van der Waals surface area contributed by atoms with Gasteiger partial charge in [0, 0.05) is 5.56 Å². The maximum absolute atomic E-state index is 12.5. The van der Waals surface area contributed by atoms with Gasteiger partial charge in [0.05, 0.1) is 13.2 Å². The van der Waals surface area contributed by atoms with E-state index in [1.165, 1.54) is 24.0 Å². The molecule has 1 amide bonds. The summed E-state index contributed by atoms with van der Waals surface area (Å²) in [4.78, 5) is 12.5. The molecule has 0 fully saturated rings. The van der Waals surface area contributed by atoms with Crippen molar-refractivity contribution >= 4 is 5.91 Å². The summed E-state index contributed by atoms with van der Waals surface area (Å²) in [5.41, 5.74) is 4.56. The number of carbonyl (C=O) groups excluding carboxylic acids is 1. The summed E-state index contributed by atoms with van der Waals surface area (Å²) in [6.45, 7) is 2.00. The van der Waals surface area contributed by atoms with Gasteiger partial charge in [0.2, 0.25) is 0 Å². The standard InChI is InChI=1S/C20H23NO2/c1-14(15-9-11-19(23-2)12-10-15)21-20(22)18-8-7-16-5-3-4-6-17(16)13-18/h7-14H,3-6H2,1-2H3,(H,21,22)/t14-/m0/s1. The van der Waals surface area contributed by atoms with E-state index in [0.717, 1.165) is 29.7 Å². The number of benzene rings is 2. The molecular weight excluding hydrogens is 286 g/mol. The summed E-state index contributed by atoms with van der Waals surface area (Å²) in [5, 5.41) is 3.08. The van der Waals surface area contributed by atoms with Crippen LogP contribution in [0.1, 0.15) is 52.9 Å². The highest BCUT2D eigenvalue weighted by atomic mass is 16.5. The van der Waals surface area contributed by atoms with Crippen LogP contribution >= 0.6 is 0 Å². The molecule has 0 saturated heterocycles. The molecule has 0 radical (unpaired) electrons. The van der Waals surface area contributed by atoms with Crippen LogP contribution in [-0.2, 0) is 12.8 Å². The van der Waals surface area contributed by atoms with E-state index >= 15 is 0 Å². The smallest absolute Gasteiger partial charge is 0.251 e. The highest BCUT2D eigenvalue weighted by Gasteiger charge is 2.15. The first-order valence-corrected chi connectivity index (χ1v) is 8.24. The van der Waals surface area contributed by atoms with Crippen molar-refractivity contribution in [1.29, 1.82) is 0 Å². The highest BCUT2D eigenvalue weighted by Crippen LogP contribution is 2.23. The first kappa shape index (κ1) is 15.6. The van der Waals surface area contributed by atoms with E-state index in [9.17, 15) is 4.79 Å². The average molecular weight is 309 g/mol. The van der Waals surface area contributed by atoms with Gasteiger partial charge in [-0.15, -0.1) is 0 Å². The number of hydrogen-bond acceptors (Lipinski definition) is 2. The van der Waals surface area contributed by atoms with Crippen LogP contribution in [0, 0.1) is 0 Å². The second kappa shape index (κ2) is 6.86. The Labute approximate surface area is 137 Å². The molecule has 3 rings (SSSR count). The lowest BCUT2D eigenvalue weighted by molar-refractivity contribution is 0.0939. The molecule has 3 heteroatoms. The van der Waals surface area contributed by atoms with Crippen molar-refractivity contribution in [3.8, 4) is 5.75 Å². The quantitative estimate of drug-likeness (QED) is 0.924. The van der Waals surface area contributed by atoms with E-state index in [-0.39, 0.29) is 11.9 Å². The number of amides is 1. The van der Waals surface area contributed by atoms with Crippen molar-refractivity contribution in [2.45, 2.75) is 38.6 Å². The summed E-state index contributed by atoms with van der Waals surface area (Å²) < 4.78 is 5.16. The fraction of sp³-hybridized carbons (Fsp3) is 0.350. The Morgan fingerprint density at radius 2 is 1.74 bits per heavy atom. The third-order valence-corrected chi connectivity index (χ3v) is 4.57. The van der Waals surface area contributed by atoms with Gasteiger partial charge in [-0.1, -0.05) is 18.2 Å². The molecule has 2 aromatic carbocycles. The van der Waals surface area contributed by atoms with Crippen molar-refractivity contribution in [2.24, 2.45) is 0 Å². The Balaban J connectivity index is 1.70. The molecule has 1 aliphatic rings. The molecule has 2 aromatic rings.